The van der Waals surface area contributed by atoms with E-state index in [1.165, 1.54) is 48.5 Å². The second-order valence-corrected chi connectivity index (χ2v) is 7.80. The van der Waals surface area contributed by atoms with Gasteiger partial charge in [0.1, 0.15) is 5.82 Å². The van der Waals surface area contributed by atoms with E-state index in [1.54, 1.807) is 0 Å². The Morgan fingerprint density at radius 3 is 2.30 bits per heavy atom. The third-order valence-electron chi connectivity index (χ3n) is 3.42. The van der Waals surface area contributed by atoms with Gasteiger partial charge in [-0.15, -0.1) is 10.2 Å². The Morgan fingerprint density at radius 2 is 1.63 bits per heavy atom. The molecule has 1 heterocycles. The lowest BCUT2D eigenvalue weighted by Gasteiger charge is -2.04. The average molecular weight is 448 g/mol. The molecule has 0 aliphatic heterocycles. The minimum atomic E-state index is -0.565. The molecule has 0 aliphatic rings. The molecule has 13 heteroatoms. The maximum atomic E-state index is 12.9. The Labute approximate surface area is 177 Å². The van der Waals surface area contributed by atoms with Crippen LogP contribution in [0, 0.1) is 15.9 Å². The highest BCUT2D eigenvalue weighted by molar-refractivity contribution is 8.01. The predicted molar refractivity (Wildman–Crippen MR) is 111 cm³/mol. The van der Waals surface area contributed by atoms with Crippen LogP contribution in [0.25, 0.3) is 0 Å². The zero-order valence-corrected chi connectivity index (χ0v) is 16.6. The number of nitrogens with zero attached hydrogens (tertiary/aromatic N) is 3. The van der Waals surface area contributed by atoms with Crippen LogP contribution in [0.1, 0.15) is 0 Å². The van der Waals surface area contributed by atoms with Gasteiger partial charge in [0.25, 0.3) is 5.69 Å². The molecule has 0 spiro atoms. The highest BCUT2D eigenvalue weighted by Gasteiger charge is 2.12. The summed E-state index contributed by atoms with van der Waals surface area (Å²) >= 11 is 2.20. The van der Waals surface area contributed by atoms with Gasteiger partial charge in [-0.1, -0.05) is 23.1 Å². The SMILES string of the molecule is O=C(CSc1nnc(NC(=O)Nc2ccc(F)cc2)s1)Nc1ccc([N+](=O)[O-])cc1. The number of rotatable bonds is 7. The standard InChI is InChI=1S/C17H13FN6O4S2/c18-10-1-3-12(4-2-10)20-15(26)21-16-22-23-17(30-16)29-9-14(25)19-11-5-7-13(8-6-11)24(27)28/h1-8H,9H2,(H,19,25)(H2,20,21,22,26). The van der Waals surface area contributed by atoms with Gasteiger partial charge < -0.3 is 10.6 Å². The molecule has 0 radical (unpaired) electrons. The first kappa shape index (κ1) is 21.1. The summed E-state index contributed by atoms with van der Waals surface area (Å²) < 4.78 is 13.3. The molecule has 0 saturated heterocycles. The number of anilines is 3. The van der Waals surface area contributed by atoms with E-state index in [-0.39, 0.29) is 22.5 Å². The summed E-state index contributed by atoms with van der Waals surface area (Å²) in [5, 5.41) is 26.2. The van der Waals surface area contributed by atoms with Crippen LogP contribution in [0.15, 0.2) is 52.9 Å². The number of carbonyl (C=O) groups is 2. The lowest BCUT2D eigenvalue weighted by atomic mass is 10.3. The highest BCUT2D eigenvalue weighted by Crippen LogP contribution is 2.26. The van der Waals surface area contributed by atoms with Crippen LogP contribution >= 0.6 is 23.1 Å². The number of carbonyl (C=O) groups excluding carboxylic acids is 2. The maximum absolute atomic E-state index is 12.9. The van der Waals surface area contributed by atoms with Gasteiger partial charge in [-0.25, -0.2) is 9.18 Å². The normalized spacial score (nSPS) is 10.3. The number of hydrogen-bond acceptors (Lipinski definition) is 8. The number of hydrogen-bond donors (Lipinski definition) is 3. The van der Waals surface area contributed by atoms with Crippen molar-refractivity contribution in [2.24, 2.45) is 0 Å². The quantitative estimate of drug-likeness (QED) is 0.215. The summed E-state index contributed by atoms with van der Waals surface area (Å²) in [6.07, 6.45) is 0. The van der Waals surface area contributed by atoms with E-state index in [2.05, 4.69) is 26.1 Å². The molecule has 3 N–H and O–H groups in total. The lowest BCUT2D eigenvalue weighted by molar-refractivity contribution is -0.384. The average Bonchev–Trinajstić information content (AvgIpc) is 3.16. The molecule has 0 unspecified atom stereocenters. The van der Waals surface area contributed by atoms with Crippen molar-refractivity contribution in [2.75, 3.05) is 21.7 Å². The number of amides is 3. The van der Waals surface area contributed by atoms with E-state index in [4.69, 9.17) is 0 Å². The van der Waals surface area contributed by atoms with Crippen LogP contribution in [0.2, 0.25) is 0 Å². The summed E-state index contributed by atoms with van der Waals surface area (Å²) in [6.45, 7) is 0. The fourth-order valence-corrected chi connectivity index (χ4v) is 3.65. The third-order valence-corrected chi connectivity index (χ3v) is 5.39. The number of thioether (sulfide) groups is 1. The van der Waals surface area contributed by atoms with Crippen LogP contribution in [0.5, 0.6) is 0 Å². The second-order valence-electron chi connectivity index (χ2n) is 5.60. The van der Waals surface area contributed by atoms with Crippen LogP contribution < -0.4 is 16.0 Å². The molecule has 0 bridgehead atoms. The Bertz CT molecular complexity index is 1060. The van der Waals surface area contributed by atoms with E-state index in [0.717, 1.165) is 23.1 Å². The number of nitro groups is 1. The van der Waals surface area contributed by atoms with Crippen molar-refractivity contribution in [3.8, 4) is 0 Å². The molecule has 3 rings (SSSR count). The summed E-state index contributed by atoms with van der Waals surface area (Å²) in [5.41, 5.74) is 0.777. The van der Waals surface area contributed by atoms with Gasteiger partial charge in [0, 0.05) is 23.5 Å². The van der Waals surface area contributed by atoms with Crippen molar-refractivity contribution in [3.63, 3.8) is 0 Å². The zero-order chi connectivity index (χ0) is 21.5. The summed E-state index contributed by atoms with van der Waals surface area (Å²) in [5.74, 6) is -0.704. The van der Waals surface area contributed by atoms with Gasteiger partial charge in [0.05, 0.1) is 10.7 Å². The molecule has 0 saturated carbocycles. The van der Waals surface area contributed by atoms with Gasteiger partial charge in [0.2, 0.25) is 11.0 Å². The molecule has 2 aromatic carbocycles. The number of halogens is 1. The molecule has 30 heavy (non-hydrogen) atoms. The largest absolute Gasteiger partial charge is 0.325 e. The topological polar surface area (TPSA) is 139 Å². The number of aromatic nitrogens is 2. The zero-order valence-electron chi connectivity index (χ0n) is 15.0. The number of urea groups is 1. The molecule has 10 nitrogen and oxygen atoms in total. The Morgan fingerprint density at radius 1 is 1.00 bits per heavy atom. The number of nitrogens with one attached hydrogen (secondary N) is 3. The monoisotopic (exact) mass is 448 g/mol. The van der Waals surface area contributed by atoms with Crippen molar-refractivity contribution >= 4 is 57.2 Å². The van der Waals surface area contributed by atoms with Gasteiger partial charge in [0.15, 0.2) is 4.34 Å². The van der Waals surface area contributed by atoms with Gasteiger partial charge >= 0.3 is 6.03 Å². The van der Waals surface area contributed by atoms with Crippen LogP contribution in [-0.4, -0.2) is 32.8 Å². The number of non-ortho nitro benzene ring substituents is 1. The van der Waals surface area contributed by atoms with Crippen LogP contribution in [0.4, 0.5) is 31.4 Å². The molecule has 0 fully saturated rings. The Balaban J connectivity index is 1.45. The van der Waals surface area contributed by atoms with E-state index in [9.17, 15) is 24.1 Å². The maximum Gasteiger partial charge on any atom is 0.325 e. The fraction of sp³-hybridized carbons (Fsp3) is 0.0588. The van der Waals surface area contributed by atoms with E-state index < -0.39 is 16.8 Å². The summed E-state index contributed by atoms with van der Waals surface area (Å²) in [7, 11) is 0. The van der Waals surface area contributed by atoms with Gasteiger partial charge in [-0.05, 0) is 36.4 Å². The minimum absolute atomic E-state index is 0.0351. The van der Waals surface area contributed by atoms with Crippen molar-refractivity contribution < 1.29 is 18.9 Å². The smallest absolute Gasteiger partial charge is 0.325 e. The molecule has 0 aliphatic carbocycles. The molecule has 3 aromatic rings. The third kappa shape index (κ3) is 6.22. The molecule has 0 atom stereocenters. The van der Waals surface area contributed by atoms with Gasteiger partial charge in [-0.2, -0.15) is 0 Å². The van der Waals surface area contributed by atoms with Crippen molar-refractivity contribution in [3.05, 3.63) is 64.5 Å². The first-order valence-corrected chi connectivity index (χ1v) is 10.0. The van der Waals surface area contributed by atoms with Gasteiger partial charge in [-0.3, -0.25) is 20.2 Å². The molecule has 3 amide bonds. The Kier molecular flexibility index (Phi) is 6.87. The highest BCUT2D eigenvalue weighted by atomic mass is 32.2. The Hall–Kier alpha value is -3.58. The summed E-state index contributed by atoms with van der Waals surface area (Å²) in [6, 6.07) is 10.2. The van der Waals surface area contributed by atoms with Crippen molar-refractivity contribution in [1.82, 2.24) is 10.2 Å². The molecular formula is C17H13FN6O4S2. The van der Waals surface area contributed by atoms with E-state index in [0.29, 0.717) is 15.7 Å². The van der Waals surface area contributed by atoms with Crippen LogP contribution in [-0.2, 0) is 4.79 Å². The number of benzene rings is 2. The second kappa shape index (κ2) is 9.76. The van der Waals surface area contributed by atoms with Crippen LogP contribution in [0.3, 0.4) is 0 Å². The summed E-state index contributed by atoms with van der Waals surface area (Å²) in [4.78, 5) is 34.0. The number of nitro benzene ring substituents is 1. The minimum Gasteiger partial charge on any atom is -0.325 e. The lowest BCUT2D eigenvalue weighted by Crippen LogP contribution is -2.19. The molecular weight excluding hydrogens is 435 g/mol. The first-order valence-electron chi connectivity index (χ1n) is 8.23. The van der Waals surface area contributed by atoms with E-state index in [1.807, 2.05) is 0 Å². The molecule has 154 valence electrons. The van der Waals surface area contributed by atoms with E-state index >= 15 is 0 Å². The molecule has 1 aromatic heterocycles. The fourth-order valence-electron chi connectivity index (χ4n) is 2.10. The van der Waals surface area contributed by atoms with Crippen molar-refractivity contribution in [1.29, 1.82) is 0 Å². The van der Waals surface area contributed by atoms with Crippen molar-refractivity contribution in [2.45, 2.75) is 4.34 Å². The predicted octanol–water partition coefficient (Wildman–Crippen LogP) is 3.96. The first-order chi connectivity index (χ1) is 14.4.